The van der Waals surface area contributed by atoms with Crippen LogP contribution in [0.3, 0.4) is 0 Å². The summed E-state index contributed by atoms with van der Waals surface area (Å²) in [5.41, 5.74) is 0.815. The summed E-state index contributed by atoms with van der Waals surface area (Å²) in [4.78, 5) is 23.7. The lowest BCUT2D eigenvalue weighted by atomic mass is 9.78. The molecule has 2 N–H and O–H groups in total. The molecule has 2 bridgehead atoms. The average molecular weight is 293 g/mol. The number of hydrogen-bond donors (Lipinski definition) is 2. The van der Waals surface area contributed by atoms with E-state index < -0.39 is 35.6 Å². The lowest BCUT2D eigenvalue weighted by Crippen LogP contribution is -2.40. The lowest BCUT2D eigenvalue weighted by molar-refractivity contribution is -0.147. The molecular formula is C15H16FNO4. The Morgan fingerprint density at radius 1 is 1.29 bits per heavy atom. The van der Waals surface area contributed by atoms with Crippen molar-refractivity contribution in [3.8, 4) is 0 Å². The van der Waals surface area contributed by atoms with Gasteiger partial charge in [-0.2, -0.15) is 0 Å². The van der Waals surface area contributed by atoms with Gasteiger partial charge in [-0.3, -0.25) is 9.59 Å². The van der Waals surface area contributed by atoms with E-state index in [0.717, 1.165) is 0 Å². The molecule has 0 spiro atoms. The minimum atomic E-state index is -1.02. The van der Waals surface area contributed by atoms with Crippen molar-refractivity contribution in [2.45, 2.75) is 32.0 Å². The summed E-state index contributed by atoms with van der Waals surface area (Å²) in [6.45, 7) is 1.63. The molecule has 21 heavy (non-hydrogen) atoms. The highest BCUT2D eigenvalue weighted by Crippen LogP contribution is 2.44. The normalized spacial score (nSPS) is 30.4. The molecule has 5 nitrogen and oxygen atoms in total. The van der Waals surface area contributed by atoms with Crippen LogP contribution < -0.4 is 5.32 Å². The highest BCUT2D eigenvalue weighted by Gasteiger charge is 2.55. The first-order chi connectivity index (χ1) is 9.97. The number of carbonyl (C=O) groups excluding carboxylic acids is 1. The molecule has 112 valence electrons. The van der Waals surface area contributed by atoms with E-state index in [0.29, 0.717) is 24.1 Å². The summed E-state index contributed by atoms with van der Waals surface area (Å²) in [7, 11) is 0. The molecule has 2 aliphatic heterocycles. The molecule has 2 saturated heterocycles. The maximum atomic E-state index is 13.5. The van der Waals surface area contributed by atoms with Crippen LogP contribution in [0.1, 0.15) is 18.4 Å². The Bertz CT molecular complexity index is 603. The van der Waals surface area contributed by atoms with Crippen LogP contribution in [0, 0.1) is 24.6 Å². The summed E-state index contributed by atoms with van der Waals surface area (Å²) in [6.07, 6.45) is 0.615. The number of anilines is 1. The van der Waals surface area contributed by atoms with Crippen LogP contribution in [0.5, 0.6) is 0 Å². The number of carbonyl (C=O) groups is 2. The van der Waals surface area contributed by atoms with Gasteiger partial charge in [0.15, 0.2) is 0 Å². The van der Waals surface area contributed by atoms with Crippen molar-refractivity contribution >= 4 is 17.6 Å². The zero-order valence-electron chi connectivity index (χ0n) is 11.5. The molecule has 2 heterocycles. The Hall–Kier alpha value is -1.95. The molecule has 6 heteroatoms. The second-order valence-electron chi connectivity index (χ2n) is 5.63. The molecule has 1 amide bonds. The number of amides is 1. The minimum Gasteiger partial charge on any atom is -0.481 e. The Labute approximate surface area is 121 Å². The van der Waals surface area contributed by atoms with Crippen molar-refractivity contribution in [2.24, 2.45) is 11.8 Å². The third kappa shape index (κ3) is 2.40. The number of hydrogen-bond acceptors (Lipinski definition) is 3. The van der Waals surface area contributed by atoms with E-state index >= 15 is 0 Å². The number of ether oxygens (including phenoxy) is 1. The van der Waals surface area contributed by atoms with E-state index in [9.17, 15) is 19.1 Å². The molecule has 0 radical (unpaired) electrons. The number of fused-ring (bicyclic) bond motifs is 2. The first kappa shape index (κ1) is 14.0. The summed E-state index contributed by atoms with van der Waals surface area (Å²) in [6, 6.07) is 4.40. The number of halogens is 1. The quantitative estimate of drug-likeness (QED) is 0.893. The van der Waals surface area contributed by atoms with Crippen molar-refractivity contribution < 1.29 is 23.8 Å². The zero-order chi connectivity index (χ0) is 15.1. The van der Waals surface area contributed by atoms with Gasteiger partial charge >= 0.3 is 5.97 Å². The van der Waals surface area contributed by atoms with Crippen molar-refractivity contribution in [2.75, 3.05) is 5.32 Å². The maximum absolute atomic E-state index is 13.5. The van der Waals surface area contributed by atoms with Crippen LogP contribution in [0.4, 0.5) is 10.1 Å². The largest absolute Gasteiger partial charge is 0.481 e. The minimum absolute atomic E-state index is 0.329. The molecule has 0 aromatic heterocycles. The van der Waals surface area contributed by atoms with Crippen molar-refractivity contribution in [3.05, 3.63) is 29.6 Å². The van der Waals surface area contributed by atoms with Gasteiger partial charge in [-0.15, -0.1) is 0 Å². The van der Waals surface area contributed by atoms with Gasteiger partial charge in [-0.05, 0) is 37.5 Å². The molecule has 0 unspecified atom stereocenters. The topological polar surface area (TPSA) is 75.6 Å². The smallest absolute Gasteiger partial charge is 0.310 e. The van der Waals surface area contributed by atoms with Crippen LogP contribution in [-0.4, -0.2) is 29.2 Å². The fraction of sp³-hybridized carbons (Fsp3) is 0.467. The molecule has 1 aromatic carbocycles. The standard InChI is InChI=1S/C15H16FNO4/c1-7-2-3-8(6-9(7)16)17-14(18)12-10-4-5-11(21-10)13(12)15(19)20/h2-3,6,10-13H,4-5H2,1H3,(H,17,18)(H,19,20)/t10-,11+,12-,13-/m0/s1. The van der Waals surface area contributed by atoms with E-state index in [1.54, 1.807) is 19.1 Å². The second-order valence-corrected chi connectivity index (χ2v) is 5.63. The highest BCUT2D eigenvalue weighted by atomic mass is 19.1. The molecule has 0 aliphatic carbocycles. The fourth-order valence-electron chi connectivity index (χ4n) is 3.22. The molecule has 0 saturated carbocycles. The summed E-state index contributed by atoms with van der Waals surface area (Å²) < 4.78 is 19.0. The third-order valence-corrected chi connectivity index (χ3v) is 4.30. The van der Waals surface area contributed by atoms with Crippen LogP contribution >= 0.6 is 0 Å². The molecule has 3 rings (SSSR count). The number of nitrogens with one attached hydrogen (secondary N) is 1. The molecule has 2 aliphatic rings. The first-order valence-electron chi connectivity index (χ1n) is 6.92. The maximum Gasteiger partial charge on any atom is 0.310 e. The number of carboxylic acid groups (broad SMARTS) is 1. The van der Waals surface area contributed by atoms with Gasteiger partial charge in [-0.25, -0.2) is 4.39 Å². The van der Waals surface area contributed by atoms with E-state index in [2.05, 4.69) is 5.32 Å². The average Bonchev–Trinajstić information content (AvgIpc) is 3.03. The number of carboxylic acids is 1. The van der Waals surface area contributed by atoms with Gasteiger partial charge in [0.05, 0.1) is 24.0 Å². The van der Waals surface area contributed by atoms with Gasteiger partial charge in [0.2, 0.25) is 5.91 Å². The molecule has 1 aromatic rings. The molecular weight excluding hydrogens is 277 g/mol. The van der Waals surface area contributed by atoms with E-state index in [1.165, 1.54) is 6.07 Å². The molecule has 2 fully saturated rings. The van der Waals surface area contributed by atoms with Gasteiger partial charge < -0.3 is 15.2 Å². The fourth-order valence-corrected chi connectivity index (χ4v) is 3.22. The highest BCUT2D eigenvalue weighted by molar-refractivity contribution is 5.96. The zero-order valence-corrected chi connectivity index (χ0v) is 11.5. The molecule has 4 atom stereocenters. The predicted octanol–water partition coefficient (Wildman–Crippen LogP) is 1.95. The van der Waals surface area contributed by atoms with Crippen LogP contribution in [0.15, 0.2) is 18.2 Å². The van der Waals surface area contributed by atoms with Gasteiger partial charge in [0, 0.05) is 5.69 Å². The summed E-state index contributed by atoms with van der Waals surface area (Å²) >= 11 is 0. The van der Waals surface area contributed by atoms with Gasteiger partial charge in [0.25, 0.3) is 0 Å². The summed E-state index contributed by atoms with van der Waals surface area (Å²) in [5.74, 6) is -3.38. The van der Waals surface area contributed by atoms with Crippen molar-refractivity contribution in [1.82, 2.24) is 0 Å². The number of benzene rings is 1. The van der Waals surface area contributed by atoms with E-state index in [4.69, 9.17) is 4.74 Å². The Morgan fingerprint density at radius 2 is 1.95 bits per heavy atom. The lowest BCUT2D eigenvalue weighted by Gasteiger charge is -2.23. The van der Waals surface area contributed by atoms with Crippen LogP contribution in [0.25, 0.3) is 0 Å². The van der Waals surface area contributed by atoms with Gasteiger partial charge in [0.1, 0.15) is 5.82 Å². The van der Waals surface area contributed by atoms with Crippen molar-refractivity contribution in [3.63, 3.8) is 0 Å². The van der Waals surface area contributed by atoms with Crippen LogP contribution in [0.2, 0.25) is 0 Å². The first-order valence-corrected chi connectivity index (χ1v) is 6.92. The third-order valence-electron chi connectivity index (χ3n) is 4.30. The monoisotopic (exact) mass is 293 g/mol. The Balaban J connectivity index is 1.78. The SMILES string of the molecule is Cc1ccc(NC(=O)[C@@H]2[C@@H](C(=O)O)[C@H]3CC[C@@H]2O3)cc1F. The van der Waals surface area contributed by atoms with Crippen molar-refractivity contribution in [1.29, 1.82) is 0 Å². The van der Waals surface area contributed by atoms with E-state index in [-0.39, 0.29) is 6.10 Å². The number of aryl methyl sites for hydroxylation is 1. The second kappa shape index (κ2) is 5.11. The van der Waals surface area contributed by atoms with Crippen LogP contribution in [-0.2, 0) is 14.3 Å². The summed E-state index contributed by atoms with van der Waals surface area (Å²) in [5, 5.41) is 11.9. The Kier molecular flexibility index (Phi) is 3.41. The predicted molar refractivity (Wildman–Crippen MR) is 72.3 cm³/mol. The Morgan fingerprint density at radius 3 is 2.57 bits per heavy atom. The number of rotatable bonds is 3. The van der Waals surface area contributed by atoms with Gasteiger partial charge in [-0.1, -0.05) is 6.07 Å². The van der Waals surface area contributed by atoms with E-state index in [1.807, 2.05) is 0 Å². The number of aliphatic carboxylic acids is 1.